The molecule has 1 aromatic heterocycles. The van der Waals surface area contributed by atoms with Crippen LogP contribution in [-0.2, 0) is 11.3 Å². The maximum absolute atomic E-state index is 11.9. The van der Waals surface area contributed by atoms with Crippen LogP contribution in [0.5, 0.6) is 0 Å². The molecular formula is C15H20Cl2N4O2. The monoisotopic (exact) mass is 358 g/mol. The summed E-state index contributed by atoms with van der Waals surface area (Å²) in [7, 11) is 0. The van der Waals surface area contributed by atoms with Gasteiger partial charge in [0.15, 0.2) is 0 Å². The van der Waals surface area contributed by atoms with Crippen molar-refractivity contribution in [2.75, 3.05) is 0 Å². The van der Waals surface area contributed by atoms with E-state index in [0.29, 0.717) is 16.7 Å². The number of rotatable bonds is 6. The highest BCUT2D eigenvalue weighted by Gasteiger charge is 2.19. The van der Waals surface area contributed by atoms with Crippen molar-refractivity contribution < 1.29 is 9.32 Å². The number of hydrogen-bond acceptors (Lipinski definition) is 5. The number of aromatic nitrogens is 2. The lowest BCUT2D eigenvalue weighted by Gasteiger charge is -2.16. The number of nitrogens with two attached hydrogens (primary N) is 1. The van der Waals surface area contributed by atoms with E-state index in [1.807, 2.05) is 19.9 Å². The molecule has 0 aliphatic heterocycles. The van der Waals surface area contributed by atoms with Crippen LogP contribution < -0.4 is 11.1 Å². The zero-order chi connectivity index (χ0) is 16.1. The first kappa shape index (κ1) is 19.4. The highest BCUT2D eigenvalue weighted by molar-refractivity contribution is 6.30. The molecule has 1 aromatic carbocycles. The third-order valence-corrected chi connectivity index (χ3v) is 3.76. The summed E-state index contributed by atoms with van der Waals surface area (Å²) in [6.45, 7) is 4.08. The standard InChI is InChI=1S/C15H19ClN4O2.ClH/c1-3-9(2)13(17)15(21)18-8-12-19-14(20-22-12)10-5-4-6-11(16)7-10;/h4-7,9,13H,3,8,17H2,1-2H3,(H,18,21);1H. The van der Waals surface area contributed by atoms with E-state index >= 15 is 0 Å². The van der Waals surface area contributed by atoms with Crippen LogP contribution in [0.1, 0.15) is 26.2 Å². The molecule has 0 fully saturated rings. The SMILES string of the molecule is CCC(C)C(N)C(=O)NCc1nc(-c2cccc(Cl)c2)no1.Cl. The zero-order valence-corrected chi connectivity index (χ0v) is 14.5. The summed E-state index contributed by atoms with van der Waals surface area (Å²) >= 11 is 5.93. The Bertz CT molecular complexity index is 648. The maximum atomic E-state index is 11.9. The third kappa shape index (κ3) is 5.20. The number of nitrogens with one attached hydrogen (secondary N) is 1. The molecule has 3 N–H and O–H groups in total. The number of amides is 1. The summed E-state index contributed by atoms with van der Waals surface area (Å²) in [5.74, 6) is 0.638. The molecule has 0 saturated carbocycles. The summed E-state index contributed by atoms with van der Waals surface area (Å²) in [4.78, 5) is 16.1. The van der Waals surface area contributed by atoms with Crippen LogP contribution in [0.15, 0.2) is 28.8 Å². The lowest BCUT2D eigenvalue weighted by atomic mass is 9.99. The van der Waals surface area contributed by atoms with E-state index in [4.69, 9.17) is 21.9 Å². The molecule has 1 amide bonds. The van der Waals surface area contributed by atoms with Gasteiger partial charge >= 0.3 is 0 Å². The topological polar surface area (TPSA) is 94.0 Å². The lowest BCUT2D eigenvalue weighted by molar-refractivity contribution is -0.123. The van der Waals surface area contributed by atoms with Crippen molar-refractivity contribution in [1.29, 1.82) is 0 Å². The Kier molecular flexibility index (Phi) is 7.48. The highest BCUT2D eigenvalue weighted by atomic mass is 35.5. The van der Waals surface area contributed by atoms with E-state index in [0.717, 1.165) is 12.0 Å². The van der Waals surface area contributed by atoms with Gasteiger partial charge in [0, 0.05) is 10.6 Å². The molecule has 2 aromatic rings. The van der Waals surface area contributed by atoms with E-state index in [9.17, 15) is 4.79 Å². The summed E-state index contributed by atoms with van der Waals surface area (Å²) < 4.78 is 5.12. The van der Waals surface area contributed by atoms with Crippen LogP contribution in [0.3, 0.4) is 0 Å². The van der Waals surface area contributed by atoms with Gasteiger partial charge < -0.3 is 15.6 Å². The molecule has 1 heterocycles. The van der Waals surface area contributed by atoms with E-state index in [-0.39, 0.29) is 30.8 Å². The van der Waals surface area contributed by atoms with Crippen LogP contribution >= 0.6 is 24.0 Å². The zero-order valence-electron chi connectivity index (χ0n) is 13.0. The molecular weight excluding hydrogens is 339 g/mol. The highest BCUT2D eigenvalue weighted by Crippen LogP contribution is 2.19. The molecule has 0 aliphatic rings. The van der Waals surface area contributed by atoms with Gasteiger partial charge in [0.05, 0.1) is 12.6 Å². The molecule has 2 atom stereocenters. The van der Waals surface area contributed by atoms with Crippen LogP contribution in [0.25, 0.3) is 11.4 Å². The van der Waals surface area contributed by atoms with Gasteiger partial charge in [-0.05, 0) is 18.1 Å². The predicted octanol–water partition coefficient (Wildman–Crippen LogP) is 2.80. The van der Waals surface area contributed by atoms with E-state index < -0.39 is 6.04 Å². The minimum atomic E-state index is -0.541. The average Bonchev–Trinajstić information content (AvgIpc) is 3.00. The first-order valence-corrected chi connectivity index (χ1v) is 7.51. The Morgan fingerprint density at radius 3 is 2.87 bits per heavy atom. The quantitative estimate of drug-likeness (QED) is 0.827. The van der Waals surface area contributed by atoms with Crippen molar-refractivity contribution in [3.05, 3.63) is 35.2 Å². The van der Waals surface area contributed by atoms with Crippen LogP contribution in [-0.4, -0.2) is 22.1 Å². The normalized spacial score (nSPS) is 13.0. The van der Waals surface area contributed by atoms with Gasteiger partial charge in [0.1, 0.15) is 0 Å². The molecule has 0 spiro atoms. The first-order valence-electron chi connectivity index (χ1n) is 7.13. The van der Waals surface area contributed by atoms with Crippen molar-refractivity contribution in [2.45, 2.75) is 32.9 Å². The fourth-order valence-corrected chi connectivity index (χ4v) is 2.05. The van der Waals surface area contributed by atoms with Gasteiger partial charge in [-0.1, -0.05) is 49.2 Å². The number of carbonyl (C=O) groups excluding carboxylic acids is 1. The summed E-state index contributed by atoms with van der Waals surface area (Å²) in [5.41, 5.74) is 6.61. The van der Waals surface area contributed by atoms with Gasteiger partial charge in [0.25, 0.3) is 0 Å². The fourth-order valence-electron chi connectivity index (χ4n) is 1.86. The second-order valence-corrected chi connectivity index (χ2v) is 5.59. The summed E-state index contributed by atoms with van der Waals surface area (Å²) in [6.07, 6.45) is 0.841. The predicted molar refractivity (Wildman–Crippen MR) is 91.3 cm³/mol. The Hall–Kier alpha value is -1.63. The number of halogens is 2. The Morgan fingerprint density at radius 1 is 1.48 bits per heavy atom. The number of nitrogens with zero attached hydrogens (tertiary/aromatic N) is 2. The Morgan fingerprint density at radius 2 is 2.22 bits per heavy atom. The van der Waals surface area contributed by atoms with Crippen molar-refractivity contribution in [1.82, 2.24) is 15.5 Å². The number of benzene rings is 1. The average molecular weight is 359 g/mol. The van der Waals surface area contributed by atoms with Crippen molar-refractivity contribution in [3.8, 4) is 11.4 Å². The lowest BCUT2D eigenvalue weighted by Crippen LogP contribution is -2.44. The molecule has 6 nitrogen and oxygen atoms in total. The smallest absolute Gasteiger partial charge is 0.246 e. The van der Waals surface area contributed by atoms with Crippen LogP contribution in [0.4, 0.5) is 0 Å². The Labute approximate surface area is 146 Å². The molecule has 126 valence electrons. The van der Waals surface area contributed by atoms with Crippen molar-refractivity contribution in [3.63, 3.8) is 0 Å². The van der Waals surface area contributed by atoms with E-state index in [2.05, 4.69) is 15.5 Å². The summed E-state index contributed by atoms with van der Waals surface area (Å²) in [6, 6.07) is 6.61. The van der Waals surface area contributed by atoms with Gasteiger partial charge in [-0.25, -0.2) is 0 Å². The second kappa shape index (κ2) is 8.86. The minimum absolute atomic E-state index is 0. The molecule has 0 aliphatic carbocycles. The number of hydrogen-bond donors (Lipinski definition) is 2. The molecule has 23 heavy (non-hydrogen) atoms. The van der Waals surface area contributed by atoms with Crippen LogP contribution in [0, 0.1) is 5.92 Å². The molecule has 0 saturated heterocycles. The van der Waals surface area contributed by atoms with Crippen molar-refractivity contribution in [2.24, 2.45) is 11.7 Å². The third-order valence-electron chi connectivity index (χ3n) is 3.52. The molecule has 0 bridgehead atoms. The van der Waals surface area contributed by atoms with E-state index in [1.165, 1.54) is 0 Å². The van der Waals surface area contributed by atoms with E-state index in [1.54, 1.807) is 18.2 Å². The fraction of sp³-hybridized carbons (Fsp3) is 0.400. The molecule has 0 radical (unpaired) electrons. The molecule has 8 heteroatoms. The molecule has 2 unspecified atom stereocenters. The maximum Gasteiger partial charge on any atom is 0.246 e. The van der Waals surface area contributed by atoms with Gasteiger partial charge in [0.2, 0.25) is 17.6 Å². The molecule has 2 rings (SSSR count). The van der Waals surface area contributed by atoms with Gasteiger partial charge in [-0.2, -0.15) is 4.98 Å². The second-order valence-electron chi connectivity index (χ2n) is 5.15. The first-order chi connectivity index (χ1) is 10.5. The van der Waals surface area contributed by atoms with Crippen LogP contribution in [0.2, 0.25) is 5.02 Å². The summed E-state index contributed by atoms with van der Waals surface area (Å²) in [5, 5.41) is 7.17. The van der Waals surface area contributed by atoms with Gasteiger partial charge in [-0.15, -0.1) is 12.4 Å². The minimum Gasteiger partial charge on any atom is -0.346 e. The van der Waals surface area contributed by atoms with Crippen molar-refractivity contribution >= 4 is 29.9 Å². The largest absolute Gasteiger partial charge is 0.346 e. The Balaban J connectivity index is 0.00000264. The van der Waals surface area contributed by atoms with Gasteiger partial charge in [-0.3, -0.25) is 4.79 Å². The number of carbonyl (C=O) groups is 1.